The van der Waals surface area contributed by atoms with Crippen LogP contribution in [0.2, 0.25) is 0 Å². The molecule has 0 saturated carbocycles. The smallest absolute Gasteiger partial charge is 0.129 e. The number of rotatable bonds is 3. The van der Waals surface area contributed by atoms with Gasteiger partial charge in [-0.05, 0) is 37.8 Å². The standard InChI is InChI=1S/C11H16FN/c1-8-4-3-5-10(11(8)12)7-6-9(2)13/h3-5,9H,6-7,13H2,1-2H3/t9-/m1/s1. The van der Waals surface area contributed by atoms with Crippen LogP contribution in [0.5, 0.6) is 0 Å². The van der Waals surface area contributed by atoms with E-state index in [4.69, 9.17) is 5.73 Å². The number of halogens is 1. The van der Waals surface area contributed by atoms with Gasteiger partial charge in [-0.25, -0.2) is 4.39 Å². The van der Waals surface area contributed by atoms with Gasteiger partial charge in [0.25, 0.3) is 0 Å². The minimum atomic E-state index is -0.0804. The van der Waals surface area contributed by atoms with Crippen LogP contribution < -0.4 is 5.73 Å². The van der Waals surface area contributed by atoms with Crippen LogP contribution in [0.1, 0.15) is 24.5 Å². The Balaban J connectivity index is 2.71. The fourth-order valence-corrected chi connectivity index (χ4v) is 1.28. The van der Waals surface area contributed by atoms with Gasteiger partial charge in [-0.1, -0.05) is 18.2 Å². The van der Waals surface area contributed by atoms with Gasteiger partial charge in [0.1, 0.15) is 5.82 Å². The molecule has 1 aromatic carbocycles. The molecule has 0 aliphatic heterocycles. The quantitative estimate of drug-likeness (QED) is 0.761. The molecule has 0 amide bonds. The summed E-state index contributed by atoms with van der Waals surface area (Å²) in [6.45, 7) is 3.72. The molecule has 0 aromatic heterocycles. The van der Waals surface area contributed by atoms with Crippen molar-refractivity contribution in [2.75, 3.05) is 0 Å². The van der Waals surface area contributed by atoms with Gasteiger partial charge < -0.3 is 5.73 Å². The molecule has 1 rings (SSSR count). The third-order valence-electron chi connectivity index (χ3n) is 2.14. The Morgan fingerprint density at radius 3 is 2.77 bits per heavy atom. The van der Waals surface area contributed by atoms with Crippen LogP contribution in [-0.4, -0.2) is 6.04 Å². The molecule has 72 valence electrons. The highest BCUT2D eigenvalue weighted by atomic mass is 19.1. The molecule has 0 unspecified atom stereocenters. The first-order valence-corrected chi connectivity index (χ1v) is 4.61. The fourth-order valence-electron chi connectivity index (χ4n) is 1.28. The van der Waals surface area contributed by atoms with Crippen LogP contribution in [0.3, 0.4) is 0 Å². The van der Waals surface area contributed by atoms with E-state index in [1.165, 1.54) is 0 Å². The zero-order valence-corrected chi connectivity index (χ0v) is 8.18. The second-order valence-electron chi connectivity index (χ2n) is 3.56. The van der Waals surface area contributed by atoms with E-state index in [1.807, 2.05) is 19.1 Å². The summed E-state index contributed by atoms with van der Waals surface area (Å²) in [4.78, 5) is 0. The van der Waals surface area contributed by atoms with Gasteiger partial charge in [0.05, 0.1) is 0 Å². The van der Waals surface area contributed by atoms with Crippen molar-refractivity contribution in [3.05, 3.63) is 35.1 Å². The molecule has 0 radical (unpaired) electrons. The highest BCUT2D eigenvalue weighted by molar-refractivity contribution is 5.24. The van der Waals surface area contributed by atoms with Gasteiger partial charge in [0, 0.05) is 6.04 Å². The lowest BCUT2D eigenvalue weighted by atomic mass is 10.0. The summed E-state index contributed by atoms with van der Waals surface area (Å²) in [6.07, 6.45) is 1.56. The molecule has 1 nitrogen and oxygen atoms in total. The van der Waals surface area contributed by atoms with Crippen molar-refractivity contribution in [3.63, 3.8) is 0 Å². The largest absolute Gasteiger partial charge is 0.328 e. The maximum atomic E-state index is 13.4. The summed E-state index contributed by atoms with van der Waals surface area (Å²) in [7, 11) is 0. The van der Waals surface area contributed by atoms with E-state index in [0.717, 1.165) is 18.4 Å². The molecule has 0 spiro atoms. The molecule has 0 fully saturated rings. The predicted octanol–water partition coefficient (Wildman–Crippen LogP) is 2.41. The number of benzene rings is 1. The Labute approximate surface area is 78.8 Å². The van der Waals surface area contributed by atoms with Gasteiger partial charge in [-0.2, -0.15) is 0 Å². The SMILES string of the molecule is Cc1cccc(CC[C@@H](C)N)c1F. The summed E-state index contributed by atoms with van der Waals surface area (Å²) in [5.41, 5.74) is 7.09. The lowest BCUT2D eigenvalue weighted by Crippen LogP contribution is -2.15. The first-order chi connectivity index (χ1) is 6.11. The second-order valence-corrected chi connectivity index (χ2v) is 3.56. The maximum absolute atomic E-state index is 13.4. The third-order valence-corrected chi connectivity index (χ3v) is 2.14. The van der Waals surface area contributed by atoms with Crippen molar-refractivity contribution in [2.24, 2.45) is 5.73 Å². The molecule has 0 aliphatic rings. The highest BCUT2D eigenvalue weighted by Crippen LogP contribution is 2.13. The normalized spacial score (nSPS) is 12.9. The van der Waals surface area contributed by atoms with Gasteiger partial charge in [-0.15, -0.1) is 0 Å². The summed E-state index contributed by atoms with van der Waals surface area (Å²) in [5, 5.41) is 0. The van der Waals surface area contributed by atoms with Gasteiger partial charge in [0.2, 0.25) is 0 Å². The number of nitrogens with two attached hydrogens (primary N) is 1. The van der Waals surface area contributed by atoms with E-state index in [1.54, 1.807) is 13.0 Å². The van der Waals surface area contributed by atoms with E-state index in [9.17, 15) is 4.39 Å². The van der Waals surface area contributed by atoms with Crippen LogP contribution in [0.15, 0.2) is 18.2 Å². The molecule has 2 N–H and O–H groups in total. The third kappa shape index (κ3) is 2.81. The van der Waals surface area contributed by atoms with Crippen LogP contribution in [0, 0.1) is 12.7 Å². The minimum absolute atomic E-state index is 0.0804. The summed E-state index contributed by atoms with van der Waals surface area (Å²) in [6, 6.07) is 5.63. The second kappa shape index (κ2) is 4.38. The Morgan fingerprint density at radius 1 is 1.46 bits per heavy atom. The van der Waals surface area contributed by atoms with Crippen molar-refractivity contribution in [1.29, 1.82) is 0 Å². The molecule has 13 heavy (non-hydrogen) atoms. The van der Waals surface area contributed by atoms with Crippen molar-refractivity contribution >= 4 is 0 Å². The Morgan fingerprint density at radius 2 is 2.15 bits per heavy atom. The van der Waals surface area contributed by atoms with Crippen LogP contribution >= 0.6 is 0 Å². The molecule has 0 saturated heterocycles. The summed E-state index contributed by atoms with van der Waals surface area (Å²) < 4.78 is 13.4. The van der Waals surface area contributed by atoms with Gasteiger partial charge >= 0.3 is 0 Å². The Kier molecular flexibility index (Phi) is 3.43. The van der Waals surface area contributed by atoms with Crippen LogP contribution in [0.25, 0.3) is 0 Å². The molecule has 0 aliphatic carbocycles. The van der Waals surface area contributed by atoms with Crippen molar-refractivity contribution in [2.45, 2.75) is 32.7 Å². The lowest BCUT2D eigenvalue weighted by molar-refractivity contribution is 0.583. The van der Waals surface area contributed by atoms with Crippen molar-refractivity contribution in [1.82, 2.24) is 0 Å². The molecule has 1 atom stereocenters. The van der Waals surface area contributed by atoms with Gasteiger partial charge in [-0.3, -0.25) is 0 Å². The first-order valence-electron chi connectivity index (χ1n) is 4.61. The molecular weight excluding hydrogens is 165 g/mol. The maximum Gasteiger partial charge on any atom is 0.129 e. The Bertz CT molecular complexity index is 281. The molecule has 1 aromatic rings. The molecule has 0 bridgehead atoms. The number of hydrogen-bond donors (Lipinski definition) is 1. The van der Waals surface area contributed by atoms with E-state index in [-0.39, 0.29) is 11.9 Å². The van der Waals surface area contributed by atoms with Crippen molar-refractivity contribution in [3.8, 4) is 0 Å². The topological polar surface area (TPSA) is 26.0 Å². The number of aryl methyl sites for hydroxylation is 2. The summed E-state index contributed by atoms with van der Waals surface area (Å²) >= 11 is 0. The van der Waals surface area contributed by atoms with E-state index in [2.05, 4.69) is 0 Å². The highest BCUT2D eigenvalue weighted by Gasteiger charge is 2.04. The lowest BCUT2D eigenvalue weighted by Gasteiger charge is -2.07. The zero-order chi connectivity index (χ0) is 9.84. The van der Waals surface area contributed by atoms with Gasteiger partial charge in [0.15, 0.2) is 0 Å². The molecular formula is C11H16FN. The van der Waals surface area contributed by atoms with Crippen LogP contribution in [0.4, 0.5) is 4.39 Å². The molecule has 0 heterocycles. The monoisotopic (exact) mass is 181 g/mol. The first kappa shape index (κ1) is 10.2. The number of hydrogen-bond acceptors (Lipinski definition) is 1. The predicted molar refractivity (Wildman–Crippen MR) is 53.1 cm³/mol. The minimum Gasteiger partial charge on any atom is -0.328 e. The van der Waals surface area contributed by atoms with E-state index in [0.29, 0.717) is 5.56 Å². The van der Waals surface area contributed by atoms with E-state index >= 15 is 0 Å². The van der Waals surface area contributed by atoms with Crippen LogP contribution in [-0.2, 0) is 6.42 Å². The Hall–Kier alpha value is -0.890. The average molecular weight is 181 g/mol. The zero-order valence-electron chi connectivity index (χ0n) is 8.18. The fraction of sp³-hybridized carbons (Fsp3) is 0.455. The van der Waals surface area contributed by atoms with Crippen molar-refractivity contribution < 1.29 is 4.39 Å². The summed E-state index contributed by atoms with van der Waals surface area (Å²) in [5.74, 6) is -0.0804. The average Bonchev–Trinajstić information content (AvgIpc) is 2.07. The van der Waals surface area contributed by atoms with E-state index < -0.39 is 0 Å². The molecule has 2 heteroatoms.